The minimum absolute atomic E-state index is 0.0536. The largest absolute Gasteiger partial charge is 0.388 e. The maximum atomic E-state index is 15.2. The van der Waals surface area contributed by atoms with Crippen LogP contribution in [-0.4, -0.2) is 46.1 Å². The fraction of sp³-hybridized carbons (Fsp3) is 0.323. The van der Waals surface area contributed by atoms with Crippen molar-refractivity contribution < 1.29 is 13.2 Å². The molecular formula is C31H34F3N5O. The lowest BCUT2D eigenvalue weighted by Crippen LogP contribution is -2.24. The highest BCUT2D eigenvalue weighted by molar-refractivity contribution is 5.92. The molecule has 0 radical (unpaired) electrons. The number of hydrogen-bond acceptors (Lipinski definition) is 5. The summed E-state index contributed by atoms with van der Waals surface area (Å²) in [6.07, 6.45) is 2.13. The highest BCUT2D eigenvalue weighted by atomic mass is 19.1. The molecule has 1 N–H and O–H groups in total. The molecule has 0 bridgehead atoms. The van der Waals surface area contributed by atoms with Crippen LogP contribution in [0.25, 0.3) is 33.7 Å². The summed E-state index contributed by atoms with van der Waals surface area (Å²) < 4.78 is 46.0. The van der Waals surface area contributed by atoms with E-state index in [1.54, 1.807) is 20.0 Å². The van der Waals surface area contributed by atoms with E-state index in [2.05, 4.69) is 35.6 Å². The summed E-state index contributed by atoms with van der Waals surface area (Å²) in [5.74, 6) is -1.85. The fourth-order valence-corrected chi connectivity index (χ4v) is 4.80. The molecule has 0 aliphatic rings. The molecule has 0 aliphatic carbocycles. The van der Waals surface area contributed by atoms with Crippen molar-refractivity contribution in [2.24, 2.45) is 0 Å². The fourth-order valence-electron chi connectivity index (χ4n) is 4.80. The van der Waals surface area contributed by atoms with Gasteiger partial charge in [0.2, 0.25) is 0 Å². The van der Waals surface area contributed by atoms with Crippen molar-refractivity contribution in [3.05, 3.63) is 93.8 Å². The van der Waals surface area contributed by atoms with Gasteiger partial charge in [0.05, 0.1) is 5.69 Å². The van der Waals surface area contributed by atoms with Crippen LogP contribution in [0.3, 0.4) is 0 Å². The molecule has 4 rings (SSSR count). The van der Waals surface area contributed by atoms with Gasteiger partial charge in [0.1, 0.15) is 29.0 Å². The topological polar surface area (TPSA) is 63.1 Å². The summed E-state index contributed by atoms with van der Waals surface area (Å²) in [5, 5.41) is 3.30. The van der Waals surface area contributed by atoms with E-state index in [1.807, 2.05) is 0 Å². The molecule has 40 heavy (non-hydrogen) atoms. The molecule has 0 spiro atoms. The lowest BCUT2D eigenvalue weighted by atomic mass is 9.98. The van der Waals surface area contributed by atoms with Gasteiger partial charge in [-0.05, 0) is 75.3 Å². The van der Waals surface area contributed by atoms with Gasteiger partial charge in [-0.15, -0.1) is 0 Å². The van der Waals surface area contributed by atoms with Crippen LogP contribution in [0.1, 0.15) is 43.6 Å². The Morgan fingerprint density at radius 1 is 1.00 bits per heavy atom. The van der Waals surface area contributed by atoms with Crippen LogP contribution in [0.5, 0.6) is 0 Å². The molecule has 4 aromatic rings. The third-order valence-corrected chi connectivity index (χ3v) is 7.23. The third-order valence-electron chi connectivity index (χ3n) is 7.23. The second-order valence-corrected chi connectivity index (χ2v) is 9.65. The van der Waals surface area contributed by atoms with Crippen molar-refractivity contribution in [2.45, 2.75) is 40.0 Å². The SMILES string of the molecule is C=C(NC)c1cc(F)c(C)c(-c2nc(CCCCN(CC)CC)nc3c2ccc(=O)n3-c2c(F)cccc2F)c1. The van der Waals surface area contributed by atoms with E-state index in [9.17, 15) is 13.6 Å². The molecule has 2 aromatic carbocycles. The molecule has 0 saturated carbocycles. The van der Waals surface area contributed by atoms with Gasteiger partial charge in [-0.2, -0.15) is 0 Å². The first kappa shape index (κ1) is 29.0. The van der Waals surface area contributed by atoms with E-state index < -0.39 is 28.7 Å². The third kappa shape index (κ3) is 5.79. The van der Waals surface area contributed by atoms with Crippen molar-refractivity contribution in [2.75, 3.05) is 26.7 Å². The van der Waals surface area contributed by atoms with Gasteiger partial charge in [-0.3, -0.25) is 9.36 Å². The Morgan fingerprint density at radius 3 is 2.35 bits per heavy atom. The quantitative estimate of drug-likeness (QED) is 0.232. The number of rotatable bonds is 11. The van der Waals surface area contributed by atoms with Crippen molar-refractivity contribution >= 4 is 16.7 Å². The number of unbranched alkanes of at least 4 members (excludes halogenated alkanes) is 1. The van der Waals surface area contributed by atoms with Crippen molar-refractivity contribution in [3.63, 3.8) is 0 Å². The molecule has 0 saturated heterocycles. The molecule has 2 aromatic heterocycles. The average Bonchev–Trinajstić information content (AvgIpc) is 2.94. The van der Waals surface area contributed by atoms with Gasteiger partial charge >= 0.3 is 0 Å². The Bertz CT molecular complexity index is 1590. The van der Waals surface area contributed by atoms with Crippen LogP contribution in [0.2, 0.25) is 0 Å². The minimum atomic E-state index is -0.898. The molecule has 0 amide bonds. The van der Waals surface area contributed by atoms with E-state index in [1.165, 1.54) is 24.3 Å². The summed E-state index contributed by atoms with van der Waals surface area (Å²) in [4.78, 5) is 24.9. The highest BCUT2D eigenvalue weighted by Crippen LogP contribution is 2.33. The standard InChI is InChI=1S/C31H34F3N5O/c1-6-38(7-2)16-9-8-13-27-36-29(23-17-21(20(4)35-5)18-26(34)19(23)3)22-14-15-28(40)39(31(22)37-27)30-24(32)11-10-12-25(30)33/h10-12,14-15,17-18,35H,4,6-9,13,16H2,1-3,5H3. The summed E-state index contributed by atoms with van der Waals surface area (Å²) in [5.41, 5.74) is 1.12. The number of para-hydroxylation sites is 1. The Hall–Kier alpha value is -3.98. The lowest BCUT2D eigenvalue weighted by Gasteiger charge is -2.18. The zero-order valence-corrected chi connectivity index (χ0v) is 23.3. The van der Waals surface area contributed by atoms with Crippen LogP contribution in [0, 0.1) is 24.4 Å². The number of pyridine rings is 1. The first-order chi connectivity index (χ1) is 19.2. The number of hydrogen-bond donors (Lipinski definition) is 1. The maximum absolute atomic E-state index is 15.2. The number of aryl methyl sites for hydroxylation is 1. The molecule has 210 valence electrons. The minimum Gasteiger partial charge on any atom is -0.388 e. The monoisotopic (exact) mass is 549 g/mol. The van der Waals surface area contributed by atoms with E-state index >= 15 is 4.39 Å². The summed E-state index contributed by atoms with van der Waals surface area (Å²) >= 11 is 0. The van der Waals surface area contributed by atoms with Crippen LogP contribution < -0.4 is 10.9 Å². The Kier molecular flexibility index (Phi) is 9.04. The number of aromatic nitrogens is 3. The molecule has 0 fully saturated rings. The number of fused-ring (bicyclic) bond motifs is 1. The normalized spacial score (nSPS) is 11.4. The molecule has 0 atom stereocenters. The second kappa shape index (κ2) is 12.5. The highest BCUT2D eigenvalue weighted by Gasteiger charge is 2.21. The van der Waals surface area contributed by atoms with Gasteiger partial charge in [-0.1, -0.05) is 26.5 Å². The zero-order valence-electron chi connectivity index (χ0n) is 23.3. The number of halogens is 3. The lowest BCUT2D eigenvalue weighted by molar-refractivity contribution is 0.297. The van der Waals surface area contributed by atoms with Gasteiger partial charge < -0.3 is 10.2 Å². The molecule has 0 aliphatic heterocycles. The van der Waals surface area contributed by atoms with Crippen molar-refractivity contribution in [1.82, 2.24) is 24.8 Å². The first-order valence-corrected chi connectivity index (χ1v) is 13.5. The van der Waals surface area contributed by atoms with Crippen LogP contribution in [0.15, 0.2) is 53.8 Å². The summed E-state index contributed by atoms with van der Waals surface area (Å²) in [6.45, 7) is 12.6. The van der Waals surface area contributed by atoms with Crippen LogP contribution in [-0.2, 0) is 6.42 Å². The molecule has 0 unspecified atom stereocenters. The maximum Gasteiger partial charge on any atom is 0.256 e. The van der Waals surface area contributed by atoms with Gasteiger partial charge in [-0.25, -0.2) is 23.1 Å². The molecule has 2 heterocycles. The average molecular weight is 550 g/mol. The number of nitrogens with zero attached hydrogens (tertiary/aromatic N) is 4. The molecule has 9 heteroatoms. The predicted octanol–water partition coefficient (Wildman–Crippen LogP) is 6.03. The predicted molar refractivity (Wildman–Crippen MR) is 154 cm³/mol. The number of nitrogens with one attached hydrogen (secondary N) is 1. The van der Waals surface area contributed by atoms with E-state index in [0.717, 1.165) is 49.2 Å². The molecular weight excluding hydrogens is 515 g/mol. The van der Waals surface area contributed by atoms with E-state index in [-0.39, 0.29) is 5.65 Å². The summed E-state index contributed by atoms with van der Waals surface area (Å²) in [7, 11) is 1.69. The van der Waals surface area contributed by atoms with E-state index in [4.69, 9.17) is 4.98 Å². The zero-order chi connectivity index (χ0) is 29.0. The number of benzene rings is 2. The Balaban J connectivity index is 1.97. The second-order valence-electron chi connectivity index (χ2n) is 9.65. The Labute approximate surface area is 232 Å². The first-order valence-electron chi connectivity index (χ1n) is 13.5. The van der Waals surface area contributed by atoms with Gasteiger partial charge in [0.25, 0.3) is 5.56 Å². The summed E-state index contributed by atoms with van der Waals surface area (Å²) in [6, 6.07) is 9.30. The molecule has 6 nitrogen and oxygen atoms in total. The van der Waals surface area contributed by atoms with Gasteiger partial charge in [0.15, 0.2) is 5.65 Å². The van der Waals surface area contributed by atoms with Crippen LogP contribution >= 0.6 is 0 Å². The van der Waals surface area contributed by atoms with E-state index in [0.29, 0.717) is 45.7 Å². The van der Waals surface area contributed by atoms with Crippen LogP contribution in [0.4, 0.5) is 13.2 Å². The Morgan fingerprint density at radius 2 is 1.70 bits per heavy atom. The van der Waals surface area contributed by atoms with Crippen molar-refractivity contribution in [1.29, 1.82) is 0 Å². The van der Waals surface area contributed by atoms with Gasteiger partial charge in [0, 0.05) is 41.7 Å². The smallest absolute Gasteiger partial charge is 0.256 e. The van der Waals surface area contributed by atoms with Crippen molar-refractivity contribution in [3.8, 4) is 16.9 Å².